The van der Waals surface area contributed by atoms with Gasteiger partial charge in [0.25, 0.3) is 0 Å². The van der Waals surface area contributed by atoms with Crippen LogP contribution in [0.3, 0.4) is 0 Å². The van der Waals surface area contributed by atoms with Crippen LogP contribution in [0.25, 0.3) is 0 Å². The SMILES string of the molecule is CCN(N)C(=O)CC1CCOC1. The van der Waals surface area contributed by atoms with Gasteiger partial charge in [0, 0.05) is 26.2 Å². The first-order chi connectivity index (χ1) is 5.74. The molecular formula is C8H16N2O2. The highest BCUT2D eigenvalue weighted by atomic mass is 16.5. The molecule has 0 aromatic rings. The van der Waals surface area contributed by atoms with E-state index >= 15 is 0 Å². The van der Waals surface area contributed by atoms with Crippen molar-refractivity contribution in [3.8, 4) is 0 Å². The Balaban J connectivity index is 2.25. The number of carbonyl (C=O) groups is 1. The lowest BCUT2D eigenvalue weighted by Gasteiger charge is -2.15. The second-order valence-electron chi connectivity index (χ2n) is 3.11. The molecule has 1 rings (SSSR count). The van der Waals surface area contributed by atoms with E-state index in [0.29, 0.717) is 25.5 Å². The van der Waals surface area contributed by atoms with E-state index in [9.17, 15) is 4.79 Å². The molecule has 0 aromatic heterocycles. The topological polar surface area (TPSA) is 55.6 Å². The molecule has 1 unspecified atom stereocenters. The molecule has 0 spiro atoms. The molecule has 1 saturated heterocycles. The smallest absolute Gasteiger partial charge is 0.236 e. The lowest BCUT2D eigenvalue weighted by Crippen LogP contribution is -2.38. The molecule has 4 nitrogen and oxygen atoms in total. The van der Waals surface area contributed by atoms with Gasteiger partial charge in [-0.05, 0) is 19.3 Å². The van der Waals surface area contributed by atoms with Crippen molar-refractivity contribution in [2.45, 2.75) is 19.8 Å². The number of hydrogen-bond acceptors (Lipinski definition) is 3. The molecule has 0 aromatic carbocycles. The van der Waals surface area contributed by atoms with Crippen LogP contribution in [-0.2, 0) is 9.53 Å². The Hall–Kier alpha value is -0.610. The number of carbonyl (C=O) groups excluding carboxylic acids is 1. The molecule has 0 bridgehead atoms. The van der Waals surface area contributed by atoms with E-state index in [1.54, 1.807) is 0 Å². The Kier molecular flexibility index (Phi) is 3.49. The zero-order chi connectivity index (χ0) is 8.97. The van der Waals surface area contributed by atoms with Crippen LogP contribution in [0.2, 0.25) is 0 Å². The Bertz CT molecular complexity index is 155. The summed E-state index contributed by atoms with van der Waals surface area (Å²) in [5.74, 6) is 5.84. The van der Waals surface area contributed by atoms with Crippen molar-refractivity contribution in [1.29, 1.82) is 0 Å². The largest absolute Gasteiger partial charge is 0.381 e. The quantitative estimate of drug-likeness (QED) is 0.374. The molecule has 0 radical (unpaired) electrons. The Morgan fingerprint density at radius 1 is 1.75 bits per heavy atom. The minimum atomic E-state index is 0.0213. The van der Waals surface area contributed by atoms with Crippen molar-refractivity contribution >= 4 is 5.91 Å². The highest BCUT2D eigenvalue weighted by molar-refractivity contribution is 5.75. The monoisotopic (exact) mass is 172 g/mol. The second kappa shape index (κ2) is 4.42. The van der Waals surface area contributed by atoms with E-state index < -0.39 is 0 Å². The van der Waals surface area contributed by atoms with Crippen LogP contribution in [0.5, 0.6) is 0 Å². The van der Waals surface area contributed by atoms with Gasteiger partial charge in [-0.3, -0.25) is 9.80 Å². The summed E-state index contributed by atoms with van der Waals surface area (Å²) in [6, 6.07) is 0. The molecule has 4 heteroatoms. The normalized spacial score (nSPS) is 22.7. The fraction of sp³-hybridized carbons (Fsp3) is 0.875. The predicted octanol–water partition coefficient (Wildman–Crippen LogP) is 0.135. The second-order valence-corrected chi connectivity index (χ2v) is 3.11. The molecule has 1 atom stereocenters. The van der Waals surface area contributed by atoms with Crippen molar-refractivity contribution in [2.75, 3.05) is 19.8 Å². The predicted molar refractivity (Wildman–Crippen MR) is 45.1 cm³/mol. The molecule has 0 saturated carbocycles. The lowest BCUT2D eigenvalue weighted by atomic mass is 10.0. The number of rotatable bonds is 3. The Morgan fingerprint density at radius 3 is 3.00 bits per heavy atom. The summed E-state index contributed by atoms with van der Waals surface area (Å²) < 4.78 is 5.16. The average molecular weight is 172 g/mol. The van der Waals surface area contributed by atoms with Gasteiger partial charge < -0.3 is 4.74 Å². The van der Waals surface area contributed by atoms with Gasteiger partial charge in [0.15, 0.2) is 0 Å². The minimum Gasteiger partial charge on any atom is -0.381 e. The Morgan fingerprint density at radius 2 is 2.50 bits per heavy atom. The molecular weight excluding hydrogens is 156 g/mol. The number of nitrogens with two attached hydrogens (primary N) is 1. The molecule has 1 amide bonds. The number of nitrogens with zero attached hydrogens (tertiary/aromatic N) is 1. The van der Waals surface area contributed by atoms with Gasteiger partial charge in [-0.25, -0.2) is 5.84 Å². The molecule has 2 N–H and O–H groups in total. The molecule has 70 valence electrons. The van der Waals surface area contributed by atoms with Gasteiger partial charge in [0.2, 0.25) is 5.91 Å². The van der Waals surface area contributed by atoms with Crippen LogP contribution in [0.4, 0.5) is 0 Å². The maximum atomic E-state index is 11.3. The molecule has 0 aliphatic carbocycles. The van der Waals surface area contributed by atoms with Crippen LogP contribution in [0.1, 0.15) is 19.8 Å². The van der Waals surface area contributed by atoms with Crippen LogP contribution < -0.4 is 5.84 Å². The van der Waals surface area contributed by atoms with E-state index in [0.717, 1.165) is 13.0 Å². The zero-order valence-electron chi connectivity index (χ0n) is 7.45. The summed E-state index contributed by atoms with van der Waals surface area (Å²) in [6.07, 6.45) is 1.52. The van der Waals surface area contributed by atoms with E-state index in [1.807, 2.05) is 6.92 Å². The zero-order valence-corrected chi connectivity index (χ0v) is 7.45. The standard InChI is InChI=1S/C8H16N2O2/c1-2-10(9)8(11)5-7-3-4-12-6-7/h7H,2-6,9H2,1H3. The summed E-state index contributed by atoms with van der Waals surface area (Å²) in [4.78, 5) is 11.3. The third kappa shape index (κ3) is 2.46. The molecule has 1 aliphatic heterocycles. The summed E-state index contributed by atoms with van der Waals surface area (Å²) in [5.41, 5.74) is 0. The summed E-state index contributed by atoms with van der Waals surface area (Å²) in [5, 5.41) is 1.26. The fourth-order valence-electron chi connectivity index (χ4n) is 1.28. The summed E-state index contributed by atoms with van der Waals surface area (Å²) >= 11 is 0. The summed E-state index contributed by atoms with van der Waals surface area (Å²) in [6.45, 7) is 3.94. The van der Waals surface area contributed by atoms with Crippen molar-refractivity contribution < 1.29 is 9.53 Å². The first kappa shape index (κ1) is 9.48. The fourth-order valence-corrected chi connectivity index (χ4v) is 1.28. The van der Waals surface area contributed by atoms with Gasteiger partial charge in [0.1, 0.15) is 0 Å². The molecule has 1 aliphatic rings. The third-order valence-electron chi connectivity index (χ3n) is 2.15. The third-order valence-corrected chi connectivity index (χ3v) is 2.15. The minimum absolute atomic E-state index is 0.0213. The first-order valence-electron chi connectivity index (χ1n) is 4.36. The maximum absolute atomic E-state index is 11.3. The van der Waals surface area contributed by atoms with Crippen LogP contribution in [0, 0.1) is 5.92 Å². The van der Waals surface area contributed by atoms with Crippen molar-refractivity contribution in [3.63, 3.8) is 0 Å². The average Bonchev–Trinajstić information content (AvgIpc) is 2.55. The van der Waals surface area contributed by atoms with E-state index in [4.69, 9.17) is 10.6 Å². The van der Waals surface area contributed by atoms with Crippen LogP contribution in [-0.4, -0.2) is 30.7 Å². The molecule has 1 heterocycles. The van der Waals surface area contributed by atoms with Gasteiger partial charge in [-0.15, -0.1) is 0 Å². The highest BCUT2D eigenvalue weighted by Crippen LogP contribution is 2.16. The number of hydrogen-bond donors (Lipinski definition) is 1. The van der Waals surface area contributed by atoms with E-state index in [-0.39, 0.29) is 5.91 Å². The summed E-state index contributed by atoms with van der Waals surface area (Å²) in [7, 11) is 0. The highest BCUT2D eigenvalue weighted by Gasteiger charge is 2.20. The van der Waals surface area contributed by atoms with Gasteiger partial charge in [0.05, 0.1) is 0 Å². The van der Waals surface area contributed by atoms with Crippen molar-refractivity contribution in [3.05, 3.63) is 0 Å². The van der Waals surface area contributed by atoms with Crippen molar-refractivity contribution in [2.24, 2.45) is 11.8 Å². The Labute approximate surface area is 72.6 Å². The van der Waals surface area contributed by atoms with Crippen LogP contribution >= 0.6 is 0 Å². The maximum Gasteiger partial charge on any atom is 0.236 e. The van der Waals surface area contributed by atoms with Gasteiger partial charge in [-0.1, -0.05) is 0 Å². The number of ether oxygens (including phenoxy) is 1. The van der Waals surface area contributed by atoms with Crippen LogP contribution in [0.15, 0.2) is 0 Å². The van der Waals surface area contributed by atoms with Crippen molar-refractivity contribution in [1.82, 2.24) is 5.01 Å². The number of amides is 1. The lowest BCUT2D eigenvalue weighted by molar-refractivity contribution is -0.132. The van der Waals surface area contributed by atoms with Gasteiger partial charge >= 0.3 is 0 Å². The molecule has 12 heavy (non-hydrogen) atoms. The van der Waals surface area contributed by atoms with E-state index in [2.05, 4.69) is 0 Å². The molecule has 1 fully saturated rings. The van der Waals surface area contributed by atoms with Gasteiger partial charge in [-0.2, -0.15) is 0 Å². The first-order valence-corrected chi connectivity index (χ1v) is 4.36. The number of hydrazine groups is 1. The van der Waals surface area contributed by atoms with E-state index in [1.165, 1.54) is 5.01 Å².